The minimum atomic E-state index is -0.131. The van der Waals surface area contributed by atoms with Gasteiger partial charge >= 0.3 is 0 Å². The van der Waals surface area contributed by atoms with Crippen molar-refractivity contribution >= 4 is 5.78 Å². The number of hydrogen-bond donors (Lipinski definition) is 1. The fraction of sp³-hybridized carbons (Fsp3) is 0.533. The van der Waals surface area contributed by atoms with E-state index in [1.807, 2.05) is 6.92 Å². The lowest BCUT2D eigenvalue weighted by atomic mass is 10.00. The summed E-state index contributed by atoms with van der Waals surface area (Å²) < 4.78 is 10.4. The first-order valence-electron chi connectivity index (χ1n) is 6.67. The van der Waals surface area contributed by atoms with E-state index >= 15 is 0 Å². The van der Waals surface area contributed by atoms with Gasteiger partial charge < -0.3 is 14.8 Å². The Morgan fingerprint density at radius 3 is 2.42 bits per heavy atom. The second-order valence-corrected chi connectivity index (χ2v) is 4.33. The second-order valence-electron chi connectivity index (χ2n) is 4.33. The smallest absolute Gasteiger partial charge is 0.179 e. The van der Waals surface area contributed by atoms with Crippen molar-refractivity contribution in [3.05, 3.63) is 23.8 Å². The van der Waals surface area contributed by atoms with E-state index in [-0.39, 0.29) is 11.8 Å². The second kappa shape index (κ2) is 7.79. The Hall–Kier alpha value is -1.55. The molecule has 0 heterocycles. The minimum absolute atomic E-state index is 0.102. The summed E-state index contributed by atoms with van der Waals surface area (Å²) in [5.74, 6) is 1.32. The van der Waals surface area contributed by atoms with Gasteiger partial charge in [0.2, 0.25) is 0 Å². The van der Waals surface area contributed by atoms with E-state index in [0.717, 1.165) is 19.4 Å². The number of carbonyl (C=O) groups excluding carboxylic acids is 1. The predicted octanol–water partition coefficient (Wildman–Crippen LogP) is 2.66. The lowest BCUT2D eigenvalue weighted by Crippen LogP contribution is -2.36. The van der Waals surface area contributed by atoms with E-state index in [4.69, 9.17) is 9.47 Å². The first-order valence-corrected chi connectivity index (χ1v) is 6.67. The molecule has 0 saturated carbocycles. The Labute approximate surface area is 115 Å². The highest BCUT2D eigenvalue weighted by Crippen LogP contribution is 2.28. The highest BCUT2D eigenvalue weighted by Gasteiger charge is 2.19. The van der Waals surface area contributed by atoms with Crippen LogP contribution in [-0.2, 0) is 0 Å². The van der Waals surface area contributed by atoms with Crippen LogP contribution >= 0.6 is 0 Å². The molecule has 1 N–H and O–H groups in total. The highest BCUT2D eigenvalue weighted by molar-refractivity contribution is 6.00. The van der Waals surface area contributed by atoms with E-state index < -0.39 is 0 Å². The van der Waals surface area contributed by atoms with Crippen LogP contribution in [0.4, 0.5) is 0 Å². The van der Waals surface area contributed by atoms with Gasteiger partial charge in [0.25, 0.3) is 0 Å². The maximum absolute atomic E-state index is 12.4. The molecule has 0 aliphatic carbocycles. The van der Waals surface area contributed by atoms with Crippen LogP contribution in [0.2, 0.25) is 0 Å². The number of nitrogens with one attached hydrogen (secondary N) is 1. The lowest BCUT2D eigenvalue weighted by molar-refractivity contribution is 0.0938. The van der Waals surface area contributed by atoms with Crippen molar-refractivity contribution in [2.24, 2.45) is 0 Å². The topological polar surface area (TPSA) is 47.6 Å². The Morgan fingerprint density at radius 2 is 1.89 bits per heavy atom. The average molecular weight is 265 g/mol. The third-order valence-corrected chi connectivity index (χ3v) is 3.01. The lowest BCUT2D eigenvalue weighted by Gasteiger charge is -2.16. The van der Waals surface area contributed by atoms with Crippen molar-refractivity contribution in [3.63, 3.8) is 0 Å². The van der Waals surface area contributed by atoms with Gasteiger partial charge in [-0.15, -0.1) is 0 Å². The van der Waals surface area contributed by atoms with Crippen molar-refractivity contribution in [1.29, 1.82) is 0 Å². The van der Waals surface area contributed by atoms with Crippen LogP contribution in [0.1, 0.15) is 37.0 Å². The molecular formula is C15H23NO3. The molecule has 0 spiro atoms. The fourth-order valence-electron chi connectivity index (χ4n) is 2.05. The van der Waals surface area contributed by atoms with Crippen LogP contribution in [0.5, 0.6) is 11.5 Å². The number of rotatable bonds is 8. The summed E-state index contributed by atoms with van der Waals surface area (Å²) >= 11 is 0. The van der Waals surface area contributed by atoms with E-state index in [1.165, 1.54) is 0 Å². The summed E-state index contributed by atoms with van der Waals surface area (Å²) in [6, 6.07) is 5.15. The van der Waals surface area contributed by atoms with Crippen molar-refractivity contribution in [2.75, 3.05) is 20.8 Å². The van der Waals surface area contributed by atoms with Crippen molar-refractivity contribution in [2.45, 2.75) is 32.7 Å². The van der Waals surface area contributed by atoms with Crippen LogP contribution < -0.4 is 14.8 Å². The molecule has 0 fully saturated rings. The first-order chi connectivity index (χ1) is 9.17. The molecular weight excluding hydrogens is 242 g/mol. The van der Waals surface area contributed by atoms with Gasteiger partial charge in [-0.25, -0.2) is 0 Å². The number of hydrogen-bond acceptors (Lipinski definition) is 4. The number of ether oxygens (including phenoxy) is 2. The van der Waals surface area contributed by atoms with Crippen LogP contribution in [0.3, 0.4) is 0 Å². The maximum Gasteiger partial charge on any atom is 0.179 e. The van der Waals surface area contributed by atoms with Gasteiger partial charge in [0.05, 0.1) is 20.3 Å². The minimum Gasteiger partial charge on any atom is -0.493 e. The zero-order chi connectivity index (χ0) is 14.3. The van der Waals surface area contributed by atoms with Gasteiger partial charge in [-0.2, -0.15) is 0 Å². The first kappa shape index (κ1) is 15.5. The molecule has 0 aliphatic heterocycles. The zero-order valence-electron chi connectivity index (χ0n) is 12.2. The third-order valence-electron chi connectivity index (χ3n) is 3.01. The number of carbonyl (C=O) groups is 1. The largest absolute Gasteiger partial charge is 0.493 e. The van der Waals surface area contributed by atoms with Gasteiger partial charge in [-0.3, -0.25) is 4.79 Å². The van der Waals surface area contributed by atoms with Gasteiger partial charge in [-0.05, 0) is 31.2 Å². The Kier molecular flexibility index (Phi) is 6.36. The standard InChI is InChI=1S/C15H23NO3/c1-5-7-12(16-6-2)15(17)11-8-9-13(18-3)14(10-11)19-4/h8-10,12,16H,5-7H2,1-4H3/t12-/m0/s1. The normalized spacial score (nSPS) is 12.0. The van der Waals surface area contributed by atoms with Gasteiger partial charge in [0.1, 0.15) is 0 Å². The van der Waals surface area contributed by atoms with Crippen LogP contribution in [0.25, 0.3) is 0 Å². The van der Waals surface area contributed by atoms with Gasteiger partial charge in [0, 0.05) is 5.56 Å². The number of likely N-dealkylation sites (N-methyl/N-ethyl adjacent to an activating group) is 1. The molecule has 0 unspecified atom stereocenters. The van der Waals surface area contributed by atoms with E-state index in [1.54, 1.807) is 32.4 Å². The zero-order valence-corrected chi connectivity index (χ0v) is 12.2. The summed E-state index contributed by atoms with van der Waals surface area (Å²) in [5.41, 5.74) is 0.650. The average Bonchev–Trinajstić information content (AvgIpc) is 2.45. The molecule has 1 aromatic rings. The summed E-state index contributed by atoms with van der Waals surface area (Å²) in [5, 5.41) is 3.23. The molecule has 0 amide bonds. The summed E-state index contributed by atoms with van der Waals surface area (Å²) in [7, 11) is 3.15. The monoisotopic (exact) mass is 265 g/mol. The summed E-state index contributed by atoms with van der Waals surface area (Å²) in [4.78, 5) is 12.4. The number of benzene rings is 1. The summed E-state index contributed by atoms with van der Waals surface area (Å²) in [6.07, 6.45) is 1.80. The molecule has 19 heavy (non-hydrogen) atoms. The Morgan fingerprint density at radius 1 is 1.21 bits per heavy atom. The molecule has 1 atom stereocenters. The fourth-order valence-corrected chi connectivity index (χ4v) is 2.05. The number of methoxy groups -OCH3 is 2. The molecule has 0 bridgehead atoms. The van der Waals surface area contributed by atoms with Crippen molar-refractivity contribution in [1.82, 2.24) is 5.32 Å². The van der Waals surface area contributed by atoms with E-state index in [2.05, 4.69) is 12.2 Å². The molecule has 0 aliphatic rings. The molecule has 1 aromatic carbocycles. The third kappa shape index (κ3) is 3.96. The van der Waals surface area contributed by atoms with Gasteiger partial charge in [-0.1, -0.05) is 20.3 Å². The van der Waals surface area contributed by atoms with E-state index in [9.17, 15) is 4.79 Å². The number of Topliss-reactive ketones (excluding diaryl/α,β-unsaturated/α-hetero) is 1. The molecule has 0 radical (unpaired) electrons. The predicted molar refractivity (Wildman–Crippen MR) is 76.2 cm³/mol. The molecule has 0 saturated heterocycles. The number of ketones is 1. The summed E-state index contributed by atoms with van der Waals surface area (Å²) in [6.45, 7) is 4.86. The van der Waals surface area contributed by atoms with Gasteiger partial charge in [0.15, 0.2) is 17.3 Å². The quantitative estimate of drug-likeness (QED) is 0.734. The Balaban J connectivity index is 2.97. The molecule has 106 valence electrons. The SMILES string of the molecule is CCC[C@H](NCC)C(=O)c1ccc(OC)c(OC)c1. The molecule has 1 rings (SSSR count). The molecule has 0 aromatic heterocycles. The van der Waals surface area contributed by atoms with Crippen LogP contribution in [-0.4, -0.2) is 32.6 Å². The molecule has 4 nitrogen and oxygen atoms in total. The highest BCUT2D eigenvalue weighted by atomic mass is 16.5. The van der Waals surface area contributed by atoms with Crippen molar-refractivity contribution < 1.29 is 14.3 Å². The maximum atomic E-state index is 12.4. The Bertz CT molecular complexity index is 412. The van der Waals surface area contributed by atoms with Crippen LogP contribution in [0.15, 0.2) is 18.2 Å². The van der Waals surface area contributed by atoms with E-state index in [0.29, 0.717) is 17.1 Å². The van der Waals surface area contributed by atoms with Crippen LogP contribution in [0, 0.1) is 0 Å². The molecule has 4 heteroatoms. The van der Waals surface area contributed by atoms with Crippen molar-refractivity contribution in [3.8, 4) is 11.5 Å².